The van der Waals surface area contributed by atoms with Crippen molar-refractivity contribution < 1.29 is 130 Å². The van der Waals surface area contributed by atoms with Crippen molar-refractivity contribution in [2.75, 3.05) is 125 Å². The second-order valence-corrected chi connectivity index (χ2v) is 35.0. The number of Topliss-reactive ketones (excluding diaryl/α,β-unsaturated/α-hetero) is 4. The van der Waals surface area contributed by atoms with Gasteiger partial charge in [0.15, 0.2) is 29.0 Å². The van der Waals surface area contributed by atoms with Gasteiger partial charge < -0.3 is 111 Å². The van der Waals surface area contributed by atoms with Gasteiger partial charge in [-0.1, -0.05) is 119 Å². The molecule has 0 radical (unpaired) electrons. The largest absolute Gasteiger partial charge is 0.494 e. The summed E-state index contributed by atoms with van der Waals surface area (Å²) in [6.45, 7) is 19.0. The first-order valence-electron chi connectivity index (χ1n) is 47.8. The molecule has 15 N–H and O–H groups in total. The van der Waals surface area contributed by atoms with Crippen molar-refractivity contribution in [1.29, 1.82) is 0 Å². The predicted octanol–water partition coefficient (Wildman–Crippen LogP) is 4.45. The number of carbonyl (C=O) groups is 13. The number of aliphatic hydroxyl groups is 3. The van der Waals surface area contributed by atoms with E-state index in [-0.39, 0.29) is 69.3 Å². The summed E-state index contributed by atoms with van der Waals surface area (Å²) >= 11 is 0. The lowest BCUT2D eigenvalue weighted by Gasteiger charge is -2.33. The number of aromatic nitrogens is 6. The molecule has 140 heavy (non-hydrogen) atoms. The number of nitrogens with two attached hydrogens (primary N) is 1. The van der Waals surface area contributed by atoms with Crippen LogP contribution in [0.25, 0.3) is 11.1 Å². The number of benzene rings is 4. The first-order valence-corrected chi connectivity index (χ1v) is 47.8. The third-order valence-corrected chi connectivity index (χ3v) is 23.1. The molecule has 2 heterocycles. The Balaban J connectivity index is 1.06. The van der Waals surface area contributed by atoms with Crippen LogP contribution in [0.15, 0.2) is 104 Å². The molecule has 0 unspecified atom stereocenters. The van der Waals surface area contributed by atoms with E-state index in [2.05, 4.69) is 81.7 Å². The summed E-state index contributed by atoms with van der Waals surface area (Å²) in [5.74, 6) is -15.7. The molecule has 0 aliphatic rings. The first kappa shape index (κ1) is 117. The third kappa shape index (κ3) is 43.6. The summed E-state index contributed by atoms with van der Waals surface area (Å²) in [5, 5.41) is 74.8. The molecule has 0 aliphatic heterocycles. The Bertz CT molecular complexity index is 4780. The zero-order valence-corrected chi connectivity index (χ0v) is 81.6. The number of rotatable bonds is 77. The van der Waals surface area contributed by atoms with Gasteiger partial charge in [-0.05, 0) is 136 Å². The number of nitrogens with one attached hydrogen (secondary N) is 9. The highest BCUT2D eigenvalue weighted by atomic mass is 19.1. The summed E-state index contributed by atoms with van der Waals surface area (Å²) < 4.78 is 65.7. The second kappa shape index (κ2) is 64.6. The van der Waals surface area contributed by atoms with E-state index in [0.29, 0.717) is 124 Å². The SMILES string of the molecule is CCCCCOc1ccc(-c2ccc(C[C@H](CC(=O)[C@H](CC(=O)O)NC(=O)[C@H](CO)CC(=O)[C@@H](NC(=O)[C@](C)(CC(=O)[C@@H](NC(=O)CCC(=O)[C@H](Cc3nn[nH]n3)NC(=O)C(C)(C)C(=O)NCCc3cnc[nH]3)[C@@H](C)O)Cc3ccccc3F)[C@@H](C)O)C(=O)N[C@@H](CCCc3ccc(CNC(=O)CCOCCOCCOCCOCCOCCOCCOCCOCCC)cc3)C(N)=O)cc2)c(CC)c1. The Kier molecular flexibility index (Phi) is 54.1. The number of H-pyrrole nitrogens is 2. The molecular formula is C99H143FN14O26. The third-order valence-electron chi connectivity index (χ3n) is 23.1. The van der Waals surface area contributed by atoms with Crippen molar-refractivity contribution in [3.63, 3.8) is 0 Å². The van der Waals surface area contributed by atoms with Crippen molar-refractivity contribution in [2.24, 2.45) is 28.4 Å². The van der Waals surface area contributed by atoms with Crippen LogP contribution < -0.4 is 47.7 Å². The molecule has 2 aromatic heterocycles. The molecule has 8 amide bonds. The van der Waals surface area contributed by atoms with Gasteiger partial charge in [0.1, 0.15) is 35.1 Å². The highest BCUT2D eigenvalue weighted by molar-refractivity contribution is 6.06. The lowest BCUT2D eigenvalue weighted by atomic mass is 9.76. The summed E-state index contributed by atoms with van der Waals surface area (Å²) in [6, 6.07) is 17.1. The molecular weight excluding hydrogens is 1820 g/mol. The van der Waals surface area contributed by atoms with Crippen molar-refractivity contribution in [2.45, 2.75) is 226 Å². The highest BCUT2D eigenvalue weighted by Crippen LogP contribution is 2.33. The minimum absolute atomic E-state index is 0.0190. The van der Waals surface area contributed by atoms with Crippen LogP contribution in [0.2, 0.25) is 0 Å². The number of carbonyl (C=O) groups excluding carboxylic acids is 12. The number of aliphatic carboxylic acids is 1. The average Bonchev–Trinajstić information content (AvgIpc) is 0.927. The number of aliphatic hydroxyl groups excluding tert-OH is 3. The van der Waals surface area contributed by atoms with Crippen molar-refractivity contribution >= 4 is 76.4 Å². The number of imidazole rings is 1. The zero-order chi connectivity index (χ0) is 102. The van der Waals surface area contributed by atoms with Gasteiger partial charge >= 0.3 is 5.97 Å². The second-order valence-electron chi connectivity index (χ2n) is 35.0. The van der Waals surface area contributed by atoms with Crippen LogP contribution in [0.4, 0.5) is 4.39 Å². The van der Waals surface area contributed by atoms with E-state index in [4.69, 9.17) is 48.4 Å². The highest BCUT2D eigenvalue weighted by Gasteiger charge is 2.44. The molecule has 10 atom stereocenters. The number of aromatic amines is 2. The van der Waals surface area contributed by atoms with E-state index in [0.717, 1.165) is 91.5 Å². The van der Waals surface area contributed by atoms with E-state index >= 15 is 4.39 Å². The number of hydrogen-bond donors (Lipinski definition) is 14. The average molecular weight is 1960 g/mol. The maximum atomic E-state index is 15.7. The van der Waals surface area contributed by atoms with E-state index in [1.807, 2.05) is 61.5 Å². The molecule has 6 aromatic rings. The van der Waals surface area contributed by atoms with Crippen molar-refractivity contribution in [1.82, 2.24) is 67.8 Å². The number of nitrogens with zero attached hydrogens (tertiary/aromatic N) is 4. The Hall–Kier alpha value is -11.6. The number of ether oxygens (including phenoxy) is 9. The van der Waals surface area contributed by atoms with Gasteiger partial charge in [0, 0.05) is 88.9 Å². The maximum Gasteiger partial charge on any atom is 0.305 e. The number of carboxylic acid groups (broad SMARTS) is 1. The van der Waals surface area contributed by atoms with Gasteiger partial charge in [-0.3, -0.25) is 62.3 Å². The van der Waals surface area contributed by atoms with Gasteiger partial charge in [-0.15, -0.1) is 10.2 Å². The van der Waals surface area contributed by atoms with Gasteiger partial charge in [0.2, 0.25) is 47.3 Å². The van der Waals surface area contributed by atoms with Crippen LogP contribution in [-0.4, -0.2) is 295 Å². The molecule has 6 rings (SSSR count). The Morgan fingerprint density at radius 3 is 1.66 bits per heavy atom. The molecule has 0 bridgehead atoms. The van der Waals surface area contributed by atoms with Gasteiger partial charge in [-0.2, -0.15) is 5.21 Å². The normalized spacial score (nSPS) is 13.9. The van der Waals surface area contributed by atoms with Crippen molar-refractivity contribution in [3.05, 3.63) is 149 Å². The molecule has 0 saturated heterocycles. The van der Waals surface area contributed by atoms with Crippen LogP contribution in [0, 0.1) is 28.5 Å². The minimum atomic E-state index is -2.12. The summed E-state index contributed by atoms with van der Waals surface area (Å²) in [7, 11) is 0. The maximum absolute atomic E-state index is 15.7. The van der Waals surface area contributed by atoms with Gasteiger partial charge in [-0.25, -0.2) is 9.37 Å². The Morgan fingerprint density at radius 2 is 1.10 bits per heavy atom. The number of tetrazole rings is 1. The molecule has 4 aromatic carbocycles. The zero-order valence-electron chi connectivity index (χ0n) is 81.6. The van der Waals surface area contributed by atoms with Crippen LogP contribution >= 0.6 is 0 Å². The first-order chi connectivity index (χ1) is 67.2. The van der Waals surface area contributed by atoms with E-state index < -0.39 is 193 Å². The molecule has 0 saturated carbocycles. The lowest BCUT2D eigenvalue weighted by Crippen LogP contribution is -2.55. The fraction of sp³-hybridized carbons (Fsp3) is 0.586. The fourth-order valence-electron chi connectivity index (χ4n) is 14.8. The van der Waals surface area contributed by atoms with Crippen molar-refractivity contribution in [3.8, 4) is 16.9 Å². The molecule has 41 heteroatoms. The minimum Gasteiger partial charge on any atom is -0.494 e. The van der Waals surface area contributed by atoms with Crippen LogP contribution in [-0.2, 0) is 145 Å². The van der Waals surface area contributed by atoms with E-state index in [1.165, 1.54) is 45.3 Å². The number of ketones is 4. The van der Waals surface area contributed by atoms with Crippen LogP contribution in [0.5, 0.6) is 5.75 Å². The van der Waals surface area contributed by atoms with Gasteiger partial charge in [0.25, 0.3) is 0 Å². The Labute approximate surface area is 815 Å². The van der Waals surface area contributed by atoms with E-state index in [9.17, 15) is 82.8 Å². The summed E-state index contributed by atoms with van der Waals surface area (Å²) in [4.78, 5) is 188. The quantitative estimate of drug-likeness (QED) is 0.0185. The topological polar surface area (TPSA) is 579 Å². The number of amides is 8. The molecule has 0 fully saturated rings. The van der Waals surface area contributed by atoms with E-state index in [1.54, 1.807) is 18.3 Å². The molecule has 0 aliphatic carbocycles. The lowest BCUT2D eigenvalue weighted by molar-refractivity contribution is -0.143. The monoisotopic (exact) mass is 1960 g/mol. The molecule has 0 spiro atoms. The number of hydrogen-bond acceptors (Lipinski definition) is 29. The standard InChI is InChI=1S/C99H143FN14O26/c1-9-12-15-37-140-76-29-30-77(70(11-3)54-76)71-27-25-68(26-28-71)53-73(93(127)106-79(92(101)126)20-16-17-67-21-23-69(24-22-67)61-104-87(122)34-38-133-40-42-135-44-46-137-48-50-139-52-51-138-49-47-136-45-43-134-41-39-132-36-10-2)55-83(119)81(58-89(124)125)107-94(128)74(63-115)56-84(120)90(65(4)116)110-97(131)99(8,59-72-18-13-14-19-78(72)100)60-85(121)91(66(5)117)109-88(123)32-31-82(118)80(57-86-111-113-114-112-86)108-96(130)98(6,7)95(129)103-35-33-75-62-102-64-105-75/h13-14,18-19,21-30,54,62,64-66,73-74,79-81,90-91,115-117H,9-12,15-17,20,31-53,55-61,63H2,1-8H3,(H2,101,126)(H,102,105)(H,103,129)(H,104,122)(H,106,127)(H,107,128)(H,108,130)(H,109,123)(H,110,131)(H,124,125)(H,111,112,113,114)/t65-,66-,73-,74+,79+,80+,81+,90+,91+,99+/m1/s1. The number of unbranched alkanes of at least 4 members (excludes halogenated alkanes) is 2. The van der Waals surface area contributed by atoms with Gasteiger partial charge in [0.05, 0.1) is 161 Å². The Morgan fingerprint density at radius 1 is 0.521 bits per heavy atom. The molecule has 40 nitrogen and oxygen atoms in total. The summed E-state index contributed by atoms with van der Waals surface area (Å²) in [5.41, 5.74) is 7.60. The fourth-order valence-corrected chi connectivity index (χ4v) is 14.8. The molecule has 772 valence electrons. The number of primary amides is 1. The summed E-state index contributed by atoms with van der Waals surface area (Å²) in [6.07, 6.45) is -0.749. The number of aryl methyl sites for hydroxylation is 2. The van der Waals surface area contributed by atoms with Crippen LogP contribution in [0.3, 0.4) is 0 Å². The predicted molar refractivity (Wildman–Crippen MR) is 509 cm³/mol. The number of carboxylic acids is 1. The van der Waals surface area contributed by atoms with Crippen LogP contribution in [0.1, 0.15) is 178 Å². The number of halogens is 1. The smallest absolute Gasteiger partial charge is 0.305 e.